The van der Waals surface area contributed by atoms with Gasteiger partial charge >= 0.3 is 0 Å². The Hall–Kier alpha value is -0.940. The van der Waals surface area contributed by atoms with Gasteiger partial charge in [-0.3, -0.25) is 0 Å². The first-order valence-electron chi connectivity index (χ1n) is 5.09. The minimum Gasteiger partial charge on any atom is -0.370 e. The van der Waals surface area contributed by atoms with Gasteiger partial charge in [-0.15, -0.1) is 0 Å². The summed E-state index contributed by atoms with van der Waals surface area (Å²) in [5, 5.41) is 7.38. The molecule has 0 saturated carbocycles. The number of thiophene rings is 1. The van der Waals surface area contributed by atoms with E-state index in [1.807, 2.05) is 6.07 Å². The molecule has 0 amide bonds. The van der Waals surface area contributed by atoms with Crippen molar-refractivity contribution in [3.63, 3.8) is 0 Å². The molecule has 0 unspecified atom stereocenters. The van der Waals surface area contributed by atoms with E-state index in [0.717, 1.165) is 34.5 Å². The lowest BCUT2D eigenvalue weighted by molar-refractivity contribution is 0.965. The molecule has 2 heterocycles. The summed E-state index contributed by atoms with van der Waals surface area (Å²) in [5.41, 5.74) is 2.06. The minimum atomic E-state index is 0.880. The number of nitrogens with one attached hydrogen (secondary N) is 1. The molecule has 0 bridgehead atoms. The lowest BCUT2D eigenvalue weighted by Gasteiger charge is -2.04. The lowest BCUT2D eigenvalue weighted by Crippen LogP contribution is -2.02. The second-order valence-corrected chi connectivity index (χ2v) is 4.95. The third-order valence-corrected chi connectivity index (χ3v) is 3.82. The van der Waals surface area contributed by atoms with Crippen LogP contribution in [0.3, 0.4) is 0 Å². The van der Waals surface area contributed by atoms with Crippen molar-refractivity contribution in [2.45, 2.75) is 13.3 Å². The van der Waals surface area contributed by atoms with E-state index in [0.29, 0.717) is 0 Å². The number of aromatic nitrogens is 2. The monoisotopic (exact) mass is 297 g/mol. The SMILES string of the molecule is CCCNc1cc(-c2cscc2Br)ncn1. The maximum Gasteiger partial charge on any atom is 0.129 e. The second-order valence-electron chi connectivity index (χ2n) is 3.35. The summed E-state index contributed by atoms with van der Waals surface area (Å²) in [6.45, 7) is 3.06. The zero-order valence-corrected chi connectivity index (χ0v) is 11.3. The number of rotatable bonds is 4. The van der Waals surface area contributed by atoms with Crippen LogP contribution in [-0.2, 0) is 0 Å². The number of anilines is 1. The fraction of sp³-hybridized carbons (Fsp3) is 0.273. The Bertz CT molecular complexity index is 470. The minimum absolute atomic E-state index is 0.880. The van der Waals surface area contributed by atoms with Crippen molar-refractivity contribution in [3.8, 4) is 11.3 Å². The van der Waals surface area contributed by atoms with Gasteiger partial charge in [0.25, 0.3) is 0 Å². The van der Waals surface area contributed by atoms with Gasteiger partial charge < -0.3 is 5.32 Å². The maximum absolute atomic E-state index is 4.28. The van der Waals surface area contributed by atoms with Crippen LogP contribution in [0.1, 0.15) is 13.3 Å². The summed E-state index contributed by atoms with van der Waals surface area (Å²) < 4.78 is 1.08. The third kappa shape index (κ3) is 2.59. The van der Waals surface area contributed by atoms with Gasteiger partial charge in [-0.2, -0.15) is 11.3 Å². The van der Waals surface area contributed by atoms with Crippen LogP contribution in [0.2, 0.25) is 0 Å². The Balaban J connectivity index is 2.26. The molecule has 1 N–H and O–H groups in total. The average Bonchev–Trinajstić information content (AvgIpc) is 2.73. The van der Waals surface area contributed by atoms with Crippen LogP contribution in [0.5, 0.6) is 0 Å². The summed E-state index contributed by atoms with van der Waals surface area (Å²) in [5.74, 6) is 0.880. The highest BCUT2D eigenvalue weighted by Crippen LogP contribution is 2.30. The van der Waals surface area contributed by atoms with Crippen molar-refractivity contribution in [2.24, 2.45) is 0 Å². The Kier molecular flexibility index (Phi) is 3.90. The van der Waals surface area contributed by atoms with Crippen molar-refractivity contribution < 1.29 is 0 Å². The second kappa shape index (κ2) is 5.41. The molecule has 16 heavy (non-hydrogen) atoms. The Labute approximate surface area is 107 Å². The van der Waals surface area contributed by atoms with Gasteiger partial charge in [0, 0.05) is 33.4 Å². The van der Waals surface area contributed by atoms with E-state index in [-0.39, 0.29) is 0 Å². The van der Waals surface area contributed by atoms with Gasteiger partial charge in [0.05, 0.1) is 5.69 Å². The van der Waals surface area contributed by atoms with Gasteiger partial charge in [-0.05, 0) is 22.4 Å². The first kappa shape index (κ1) is 11.5. The standard InChI is InChI=1S/C11H12BrN3S/c1-2-3-13-11-4-10(14-7-15-11)8-5-16-6-9(8)12/h4-7H,2-3H2,1H3,(H,13,14,15). The molecule has 0 spiro atoms. The Morgan fingerprint density at radius 2 is 2.25 bits per heavy atom. The van der Waals surface area contributed by atoms with Crippen LogP contribution in [-0.4, -0.2) is 16.5 Å². The maximum atomic E-state index is 4.28. The first-order chi connectivity index (χ1) is 7.81. The first-order valence-corrected chi connectivity index (χ1v) is 6.83. The van der Waals surface area contributed by atoms with Crippen LogP contribution >= 0.6 is 27.3 Å². The molecule has 0 radical (unpaired) electrons. The van der Waals surface area contributed by atoms with Crippen molar-refractivity contribution in [1.29, 1.82) is 0 Å². The molecule has 2 aromatic heterocycles. The Morgan fingerprint density at radius 1 is 1.38 bits per heavy atom. The van der Waals surface area contributed by atoms with Crippen molar-refractivity contribution in [1.82, 2.24) is 9.97 Å². The molecular weight excluding hydrogens is 286 g/mol. The van der Waals surface area contributed by atoms with Gasteiger partial charge in [0.2, 0.25) is 0 Å². The van der Waals surface area contributed by atoms with Crippen molar-refractivity contribution >= 4 is 33.1 Å². The summed E-state index contributed by atoms with van der Waals surface area (Å²) in [4.78, 5) is 8.46. The van der Waals surface area contributed by atoms with E-state index in [1.54, 1.807) is 17.7 Å². The van der Waals surface area contributed by atoms with E-state index >= 15 is 0 Å². The highest BCUT2D eigenvalue weighted by atomic mass is 79.9. The van der Waals surface area contributed by atoms with Gasteiger partial charge in [0.1, 0.15) is 12.1 Å². The van der Waals surface area contributed by atoms with Gasteiger partial charge in [-0.1, -0.05) is 6.92 Å². The molecule has 0 fully saturated rings. The van der Waals surface area contributed by atoms with Crippen LogP contribution in [0, 0.1) is 0 Å². The fourth-order valence-corrected chi connectivity index (χ4v) is 2.81. The molecule has 2 rings (SSSR count). The number of hydrogen-bond acceptors (Lipinski definition) is 4. The number of halogens is 1. The van der Waals surface area contributed by atoms with E-state index in [2.05, 4.69) is 48.9 Å². The zero-order valence-electron chi connectivity index (χ0n) is 8.90. The molecular formula is C11H12BrN3S. The van der Waals surface area contributed by atoms with Gasteiger partial charge in [0.15, 0.2) is 0 Å². The highest BCUT2D eigenvalue weighted by Gasteiger charge is 2.06. The van der Waals surface area contributed by atoms with Crippen molar-refractivity contribution in [3.05, 3.63) is 27.6 Å². The topological polar surface area (TPSA) is 37.8 Å². The summed E-state index contributed by atoms with van der Waals surface area (Å²) >= 11 is 5.17. The smallest absolute Gasteiger partial charge is 0.129 e. The molecule has 2 aromatic rings. The predicted octanol–water partition coefficient (Wildman–Crippen LogP) is 3.79. The van der Waals surface area contributed by atoms with Crippen LogP contribution < -0.4 is 5.32 Å². The molecule has 0 atom stereocenters. The van der Waals surface area contributed by atoms with E-state index < -0.39 is 0 Å². The highest BCUT2D eigenvalue weighted by molar-refractivity contribution is 9.10. The van der Waals surface area contributed by atoms with E-state index in [9.17, 15) is 0 Å². The Morgan fingerprint density at radius 3 is 2.94 bits per heavy atom. The van der Waals surface area contributed by atoms with Crippen LogP contribution in [0.25, 0.3) is 11.3 Å². The molecule has 0 aliphatic carbocycles. The molecule has 0 aromatic carbocycles. The quantitative estimate of drug-likeness (QED) is 0.933. The lowest BCUT2D eigenvalue weighted by atomic mass is 10.2. The predicted molar refractivity (Wildman–Crippen MR) is 71.8 cm³/mol. The van der Waals surface area contributed by atoms with Gasteiger partial charge in [-0.25, -0.2) is 9.97 Å². The average molecular weight is 298 g/mol. The molecule has 5 heteroatoms. The summed E-state index contributed by atoms with van der Waals surface area (Å²) in [6.07, 6.45) is 2.68. The number of nitrogens with zero attached hydrogens (tertiary/aromatic N) is 2. The van der Waals surface area contributed by atoms with E-state index in [1.165, 1.54) is 0 Å². The zero-order chi connectivity index (χ0) is 11.4. The molecule has 3 nitrogen and oxygen atoms in total. The summed E-state index contributed by atoms with van der Waals surface area (Å²) in [6, 6.07) is 1.97. The largest absolute Gasteiger partial charge is 0.370 e. The molecule has 0 aliphatic rings. The van der Waals surface area contributed by atoms with Crippen molar-refractivity contribution in [2.75, 3.05) is 11.9 Å². The van der Waals surface area contributed by atoms with Crippen LogP contribution in [0.4, 0.5) is 5.82 Å². The fourth-order valence-electron chi connectivity index (χ4n) is 1.32. The number of hydrogen-bond donors (Lipinski definition) is 1. The molecule has 84 valence electrons. The molecule has 0 aliphatic heterocycles. The third-order valence-electron chi connectivity index (χ3n) is 2.11. The van der Waals surface area contributed by atoms with E-state index in [4.69, 9.17) is 0 Å². The normalized spacial score (nSPS) is 10.4. The molecule has 0 saturated heterocycles. The van der Waals surface area contributed by atoms with Crippen LogP contribution in [0.15, 0.2) is 27.6 Å². The summed E-state index contributed by atoms with van der Waals surface area (Å²) in [7, 11) is 0.